The van der Waals surface area contributed by atoms with Crippen LogP contribution in [0.4, 0.5) is 5.82 Å². The first-order valence-corrected chi connectivity index (χ1v) is 10.7. The van der Waals surface area contributed by atoms with Gasteiger partial charge in [0.2, 0.25) is 5.91 Å². The number of carbonyl (C=O) groups is 1. The molecule has 5 rings (SSSR count). The van der Waals surface area contributed by atoms with Gasteiger partial charge in [0.05, 0.1) is 36.6 Å². The van der Waals surface area contributed by atoms with E-state index in [1.54, 1.807) is 0 Å². The van der Waals surface area contributed by atoms with Crippen LogP contribution in [0.5, 0.6) is 0 Å². The molecule has 2 atom stereocenters. The van der Waals surface area contributed by atoms with Crippen LogP contribution in [0.15, 0.2) is 24.4 Å². The number of pyridine rings is 1. The zero-order chi connectivity index (χ0) is 20.7. The molecule has 0 aromatic carbocycles. The number of allylic oxidation sites excluding steroid dienone is 1. The second-order valence-corrected chi connectivity index (χ2v) is 8.37. The maximum atomic E-state index is 12.9. The first-order chi connectivity index (χ1) is 14.6. The van der Waals surface area contributed by atoms with Gasteiger partial charge in [-0.2, -0.15) is 0 Å². The number of fused-ring (bicyclic) bond motifs is 1. The van der Waals surface area contributed by atoms with Gasteiger partial charge in [0.25, 0.3) is 0 Å². The van der Waals surface area contributed by atoms with Gasteiger partial charge < -0.3 is 14.5 Å². The van der Waals surface area contributed by atoms with Crippen LogP contribution in [0.3, 0.4) is 0 Å². The number of nitrogens with zero attached hydrogens (tertiary/aromatic N) is 5. The van der Waals surface area contributed by atoms with Crippen molar-refractivity contribution in [2.24, 2.45) is 0 Å². The lowest BCUT2D eigenvalue weighted by Gasteiger charge is -2.35. The van der Waals surface area contributed by atoms with E-state index in [0.29, 0.717) is 19.0 Å². The van der Waals surface area contributed by atoms with E-state index in [-0.39, 0.29) is 17.9 Å². The fraction of sp³-hybridized carbons (Fsp3) is 0.478. The highest BCUT2D eigenvalue weighted by molar-refractivity contribution is 5.84. The van der Waals surface area contributed by atoms with Gasteiger partial charge >= 0.3 is 0 Å². The molecule has 156 valence electrons. The average molecular weight is 406 g/mol. The standard InChI is InChI=1S/C23H27N5O2/c1-15-14-30-12-11-28(15)21-13-20(18-6-4-10-27(2)23(18)29)25-22(26-21)17-8-9-24-19-7-3-5-16(17)19/h3,5,8-9,13,15,18H,4,6-7,10-12,14H2,1-2H3/t15-,18+/m1/s1. The Kier molecular flexibility index (Phi) is 4.98. The molecule has 30 heavy (non-hydrogen) atoms. The zero-order valence-electron chi connectivity index (χ0n) is 17.5. The number of aromatic nitrogens is 3. The summed E-state index contributed by atoms with van der Waals surface area (Å²) < 4.78 is 5.62. The van der Waals surface area contributed by atoms with E-state index < -0.39 is 0 Å². The number of likely N-dealkylation sites (tertiary alicyclic amines) is 1. The largest absolute Gasteiger partial charge is 0.377 e. The molecule has 2 aliphatic heterocycles. The monoisotopic (exact) mass is 405 g/mol. The van der Waals surface area contributed by atoms with E-state index in [2.05, 4.69) is 29.0 Å². The Labute approximate surface area is 176 Å². The van der Waals surface area contributed by atoms with Crippen LogP contribution in [0.1, 0.15) is 42.6 Å². The summed E-state index contributed by atoms with van der Waals surface area (Å²) in [7, 11) is 1.88. The highest BCUT2D eigenvalue weighted by Crippen LogP contribution is 2.33. The minimum atomic E-state index is -0.217. The van der Waals surface area contributed by atoms with Crippen molar-refractivity contribution in [1.29, 1.82) is 0 Å². The predicted octanol–water partition coefficient (Wildman–Crippen LogP) is 2.67. The molecule has 0 bridgehead atoms. The number of morpholine rings is 1. The van der Waals surface area contributed by atoms with Crippen LogP contribution < -0.4 is 4.90 Å². The third-order valence-electron chi connectivity index (χ3n) is 6.32. The zero-order valence-corrected chi connectivity index (χ0v) is 17.5. The molecule has 0 saturated carbocycles. The Balaban J connectivity index is 1.63. The van der Waals surface area contributed by atoms with Crippen molar-refractivity contribution >= 4 is 17.8 Å². The Bertz CT molecular complexity index is 1010. The molecule has 2 aromatic heterocycles. The summed E-state index contributed by atoms with van der Waals surface area (Å²) in [5, 5.41) is 0. The number of hydrogen-bond acceptors (Lipinski definition) is 6. The van der Waals surface area contributed by atoms with Crippen molar-refractivity contribution < 1.29 is 9.53 Å². The van der Waals surface area contributed by atoms with Crippen LogP contribution in [-0.4, -0.2) is 65.2 Å². The Morgan fingerprint density at radius 3 is 3.00 bits per heavy atom. The summed E-state index contributed by atoms with van der Waals surface area (Å²) in [5.74, 6) is 1.48. The van der Waals surface area contributed by atoms with Gasteiger partial charge in [0.15, 0.2) is 5.82 Å². The number of anilines is 1. The van der Waals surface area contributed by atoms with Crippen molar-refractivity contribution in [3.63, 3.8) is 0 Å². The summed E-state index contributed by atoms with van der Waals surface area (Å²) >= 11 is 0. The molecule has 3 aliphatic rings. The second-order valence-electron chi connectivity index (χ2n) is 8.37. The van der Waals surface area contributed by atoms with Gasteiger partial charge in [-0.3, -0.25) is 9.78 Å². The number of hydrogen-bond donors (Lipinski definition) is 0. The third kappa shape index (κ3) is 3.37. The SMILES string of the molecule is C[C@@H]1COCCN1c1cc([C@@H]2CCCN(C)C2=O)nc(-c2ccnc3c2C=CC3)n1. The number of amides is 1. The fourth-order valence-electron chi connectivity index (χ4n) is 4.62. The Morgan fingerprint density at radius 1 is 1.23 bits per heavy atom. The number of rotatable bonds is 3. The second kappa shape index (κ2) is 7.80. The average Bonchev–Trinajstić information content (AvgIpc) is 3.25. The highest BCUT2D eigenvalue weighted by Gasteiger charge is 2.31. The molecule has 2 saturated heterocycles. The summed E-state index contributed by atoms with van der Waals surface area (Å²) in [6.07, 6.45) is 8.70. The maximum Gasteiger partial charge on any atom is 0.231 e. The van der Waals surface area contributed by atoms with E-state index in [0.717, 1.165) is 60.7 Å². The summed E-state index contributed by atoms with van der Waals surface area (Å²) in [5.41, 5.74) is 3.94. The minimum absolute atomic E-state index is 0.145. The Morgan fingerprint density at radius 2 is 2.13 bits per heavy atom. The van der Waals surface area contributed by atoms with Crippen molar-refractivity contribution in [2.45, 2.75) is 38.1 Å². The first kappa shape index (κ1) is 19.2. The Hall–Kier alpha value is -2.80. The maximum absolute atomic E-state index is 12.9. The number of likely N-dealkylation sites (N-methyl/N-ethyl adjacent to an activating group) is 1. The van der Waals surface area contributed by atoms with Crippen molar-refractivity contribution in [3.8, 4) is 11.4 Å². The molecule has 0 spiro atoms. The van der Waals surface area contributed by atoms with E-state index in [1.807, 2.05) is 30.3 Å². The number of carbonyl (C=O) groups excluding carboxylic acids is 1. The molecule has 7 heteroatoms. The van der Waals surface area contributed by atoms with Crippen LogP contribution in [0.2, 0.25) is 0 Å². The molecule has 7 nitrogen and oxygen atoms in total. The van der Waals surface area contributed by atoms with Crippen molar-refractivity contribution in [1.82, 2.24) is 19.9 Å². The van der Waals surface area contributed by atoms with E-state index in [1.165, 1.54) is 0 Å². The van der Waals surface area contributed by atoms with Crippen molar-refractivity contribution in [2.75, 3.05) is 38.3 Å². The topological polar surface area (TPSA) is 71.5 Å². The molecule has 2 fully saturated rings. The summed E-state index contributed by atoms with van der Waals surface area (Å²) in [4.78, 5) is 31.4. The third-order valence-corrected chi connectivity index (χ3v) is 6.32. The predicted molar refractivity (Wildman–Crippen MR) is 115 cm³/mol. The van der Waals surface area contributed by atoms with E-state index >= 15 is 0 Å². The molecule has 0 N–H and O–H groups in total. The number of piperidine rings is 1. The summed E-state index contributed by atoms with van der Waals surface area (Å²) in [6.45, 7) is 5.09. The summed E-state index contributed by atoms with van der Waals surface area (Å²) in [6, 6.07) is 4.22. The van der Waals surface area contributed by atoms with Gasteiger partial charge in [-0.25, -0.2) is 9.97 Å². The van der Waals surface area contributed by atoms with Gasteiger partial charge in [-0.15, -0.1) is 0 Å². The van der Waals surface area contributed by atoms with Gasteiger partial charge in [-0.1, -0.05) is 12.2 Å². The first-order valence-electron chi connectivity index (χ1n) is 10.7. The van der Waals surface area contributed by atoms with Gasteiger partial charge in [0, 0.05) is 49.9 Å². The van der Waals surface area contributed by atoms with Crippen LogP contribution in [0, 0.1) is 0 Å². The van der Waals surface area contributed by atoms with E-state index in [9.17, 15) is 4.79 Å². The van der Waals surface area contributed by atoms with Crippen LogP contribution >= 0.6 is 0 Å². The molecule has 1 amide bonds. The molecule has 0 radical (unpaired) electrons. The van der Waals surface area contributed by atoms with Crippen LogP contribution in [0.25, 0.3) is 17.5 Å². The molecular formula is C23H27N5O2. The molecule has 2 aromatic rings. The minimum Gasteiger partial charge on any atom is -0.377 e. The molecule has 1 aliphatic carbocycles. The normalized spacial score (nSPS) is 23.7. The smallest absolute Gasteiger partial charge is 0.231 e. The highest BCUT2D eigenvalue weighted by atomic mass is 16.5. The lowest BCUT2D eigenvalue weighted by atomic mass is 9.93. The van der Waals surface area contributed by atoms with Crippen LogP contribution in [-0.2, 0) is 16.0 Å². The molecule has 0 unspecified atom stereocenters. The molecular weight excluding hydrogens is 378 g/mol. The fourth-order valence-corrected chi connectivity index (χ4v) is 4.62. The van der Waals surface area contributed by atoms with Crippen molar-refractivity contribution in [3.05, 3.63) is 41.4 Å². The van der Waals surface area contributed by atoms with Gasteiger partial charge in [0.1, 0.15) is 5.82 Å². The molecule has 4 heterocycles. The number of ether oxygens (including phenoxy) is 1. The lowest BCUT2D eigenvalue weighted by Crippen LogP contribution is -2.44. The van der Waals surface area contributed by atoms with E-state index in [4.69, 9.17) is 14.7 Å². The van der Waals surface area contributed by atoms with Gasteiger partial charge in [-0.05, 0) is 25.8 Å². The quantitative estimate of drug-likeness (QED) is 0.782. The lowest BCUT2D eigenvalue weighted by molar-refractivity contribution is -0.133.